The second-order valence-corrected chi connectivity index (χ2v) is 4.84. The zero-order chi connectivity index (χ0) is 16.1. The lowest BCUT2D eigenvalue weighted by Gasteiger charge is -2.20. The van der Waals surface area contributed by atoms with E-state index in [2.05, 4.69) is 15.1 Å². The van der Waals surface area contributed by atoms with Crippen molar-refractivity contribution < 1.29 is 19.3 Å². The van der Waals surface area contributed by atoms with E-state index in [-0.39, 0.29) is 17.3 Å². The standard InChI is InChI=1S/C11H11FN6O4/c12-5-6(22-11(2-13,3-19)7(5)20)4-1-15-8-9(21)16-10(14)17-18(4)8/h1,5-7,19-20H,3H2,(H3,14,16,17,21)/t5-,6-,7-,11+/m0/s1. The first kappa shape index (κ1) is 14.4. The Kier molecular flexibility index (Phi) is 3.10. The predicted molar refractivity (Wildman–Crippen MR) is 68.2 cm³/mol. The van der Waals surface area contributed by atoms with Gasteiger partial charge in [0.25, 0.3) is 5.56 Å². The summed E-state index contributed by atoms with van der Waals surface area (Å²) in [5.74, 6) is -0.223. The molecule has 0 radical (unpaired) electrons. The fraction of sp³-hybridized carbons (Fsp3) is 0.455. The molecule has 0 aromatic carbocycles. The van der Waals surface area contributed by atoms with Crippen molar-refractivity contribution in [2.45, 2.75) is 24.0 Å². The van der Waals surface area contributed by atoms with E-state index in [9.17, 15) is 19.4 Å². The van der Waals surface area contributed by atoms with E-state index in [1.165, 1.54) is 0 Å². The number of hydrogen-bond acceptors (Lipinski definition) is 8. The molecule has 2 aromatic heterocycles. The van der Waals surface area contributed by atoms with Crippen LogP contribution in [-0.4, -0.2) is 54.3 Å². The van der Waals surface area contributed by atoms with E-state index in [1.807, 2.05) is 0 Å². The molecule has 0 aliphatic carbocycles. The van der Waals surface area contributed by atoms with E-state index in [0.717, 1.165) is 10.7 Å². The summed E-state index contributed by atoms with van der Waals surface area (Å²) in [5, 5.41) is 31.9. The second-order valence-electron chi connectivity index (χ2n) is 4.84. The average Bonchev–Trinajstić information content (AvgIpc) is 3.01. The SMILES string of the molecule is N#C[C@]1(CO)O[C@@H](c2cnc3c(=O)[nH]c(N)nn23)[C@H](F)[C@@H]1O. The molecule has 1 fully saturated rings. The zero-order valence-electron chi connectivity index (χ0n) is 11.0. The maximum atomic E-state index is 14.3. The number of aromatic amines is 1. The Morgan fingerprint density at radius 3 is 3.00 bits per heavy atom. The topological polar surface area (TPSA) is 163 Å². The van der Waals surface area contributed by atoms with Gasteiger partial charge in [0.1, 0.15) is 18.3 Å². The molecule has 0 bridgehead atoms. The van der Waals surface area contributed by atoms with E-state index in [0.29, 0.717) is 0 Å². The molecule has 11 heteroatoms. The number of rotatable bonds is 2. The van der Waals surface area contributed by atoms with E-state index >= 15 is 0 Å². The number of nitriles is 1. The Hall–Kier alpha value is -2.55. The Bertz CT molecular complexity index is 828. The molecular weight excluding hydrogens is 299 g/mol. The smallest absolute Gasteiger partial charge is 0.295 e. The molecule has 3 rings (SSSR count). The summed E-state index contributed by atoms with van der Waals surface area (Å²) in [7, 11) is 0. The molecular formula is C11H11FN6O4. The fourth-order valence-electron chi connectivity index (χ4n) is 2.38. The van der Waals surface area contributed by atoms with Gasteiger partial charge >= 0.3 is 0 Å². The van der Waals surface area contributed by atoms with Crippen LogP contribution in [0.3, 0.4) is 0 Å². The van der Waals surface area contributed by atoms with Gasteiger partial charge in [-0.3, -0.25) is 9.78 Å². The molecule has 4 atom stereocenters. The number of imidazole rings is 1. The van der Waals surface area contributed by atoms with Crippen LogP contribution in [0.5, 0.6) is 0 Å². The quantitative estimate of drug-likeness (QED) is 0.496. The van der Waals surface area contributed by atoms with Crippen molar-refractivity contribution in [2.24, 2.45) is 0 Å². The van der Waals surface area contributed by atoms with Gasteiger partial charge in [-0.05, 0) is 0 Å². The number of aliphatic hydroxyl groups excluding tert-OH is 2. The number of nitrogens with zero attached hydrogens (tertiary/aromatic N) is 4. The second kappa shape index (κ2) is 4.73. The van der Waals surface area contributed by atoms with Crippen molar-refractivity contribution in [1.29, 1.82) is 5.26 Å². The highest BCUT2D eigenvalue weighted by atomic mass is 19.1. The minimum absolute atomic E-state index is 0.00933. The van der Waals surface area contributed by atoms with Crippen molar-refractivity contribution >= 4 is 11.6 Å². The molecule has 0 spiro atoms. The van der Waals surface area contributed by atoms with Crippen LogP contribution < -0.4 is 11.3 Å². The van der Waals surface area contributed by atoms with Crippen LogP contribution in [0.2, 0.25) is 0 Å². The third-order valence-corrected chi connectivity index (χ3v) is 3.54. The van der Waals surface area contributed by atoms with Gasteiger partial charge in [0, 0.05) is 0 Å². The highest BCUT2D eigenvalue weighted by molar-refractivity contribution is 5.39. The molecule has 0 unspecified atom stereocenters. The number of nitrogens with one attached hydrogen (secondary N) is 1. The van der Waals surface area contributed by atoms with Gasteiger partial charge in [-0.2, -0.15) is 5.26 Å². The molecule has 10 nitrogen and oxygen atoms in total. The number of aliphatic hydroxyl groups is 2. The minimum atomic E-state index is -2.10. The maximum absolute atomic E-state index is 14.3. The fourth-order valence-corrected chi connectivity index (χ4v) is 2.38. The molecule has 0 saturated carbocycles. The summed E-state index contributed by atoms with van der Waals surface area (Å²) in [6.07, 6.45) is -4.19. The minimum Gasteiger partial charge on any atom is -0.392 e. The molecule has 3 heterocycles. The number of alkyl halides is 1. The Morgan fingerprint density at radius 1 is 1.68 bits per heavy atom. The van der Waals surface area contributed by atoms with Crippen molar-refractivity contribution in [3.63, 3.8) is 0 Å². The number of H-pyrrole nitrogens is 1. The lowest BCUT2D eigenvalue weighted by atomic mass is 9.97. The third kappa shape index (κ3) is 1.78. The Balaban J connectivity index is 2.13. The molecule has 2 aromatic rings. The van der Waals surface area contributed by atoms with E-state index < -0.39 is 36.1 Å². The first-order valence-corrected chi connectivity index (χ1v) is 6.19. The largest absolute Gasteiger partial charge is 0.392 e. The molecule has 116 valence electrons. The predicted octanol–water partition coefficient (Wildman–Crippen LogP) is -1.98. The lowest BCUT2D eigenvalue weighted by Crippen LogP contribution is -2.44. The van der Waals surface area contributed by atoms with Gasteiger partial charge in [0.05, 0.1) is 18.5 Å². The van der Waals surface area contributed by atoms with Crippen molar-refractivity contribution in [1.82, 2.24) is 19.6 Å². The van der Waals surface area contributed by atoms with Crippen LogP contribution in [0.4, 0.5) is 10.3 Å². The summed E-state index contributed by atoms with van der Waals surface area (Å²) < 4.78 is 20.5. The highest BCUT2D eigenvalue weighted by Gasteiger charge is 2.57. The van der Waals surface area contributed by atoms with Crippen LogP contribution in [-0.2, 0) is 4.74 Å². The molecule has 1 saturated heterocycles. The van der Waals surface area contributed by atoms with Crippen LogP contribution in [0.15, 0.2) is 11.0 Å². The van der Waals surface area contributed by atoms with Gasteiger partial charge in [-0.1, -0.05) is 0 Å². The number of halogens is 1. The number of ether oxygens (including phenoxy) is 1. The lowest BCUT2D eigenvalue weighted by molar-refractivity contribution is -0.0746. The average molecular weight is 310 g/mol. The number of aromatic nitrogens is 4. The number of nitrogen functional groups attached to an aromatic ring is 1. The van der Waals surface area contributed by atoms with Crippen LogP contribution >= 0.6 is 0 Å². The van der Waals surface area contributed by atoms with Crippen molar-refractivity contribution in [3.05, 3.63) is 22.2 Å². The zero-order valence-corrected chi connectivity index (χ0v) is 11.0. The molecule has 0 amide bonds. The monoisotopic (exact) mass is 310 g/mol. The van der Waals surface area contributed by atoms with Gasteiger partial charge < -0.3 is 20.7 Å². The number of nitrogens with two attached hydrogens (primary N) is 1. The first-order chi connectivity index (χ1) is 10.4. The van der Waals surface area contributed by atoms with Gasteiger partial charge in [0.15, 0.2) is 6.17 Å². The molecule has 5 N–H and O–H groups in total. The summed E-state index contributed by atoms with van der Waals surface area (Å²) in [6.45, 7) is -0.894. The molecule has 1 aliphatic heterocycles. The van der Waals surface area contributed by atoms with Gasteiger partial charge in [-0.25, -0.2) is 13.9 Å². The molecule has 22 heavy (non-hydrogen) atoms. The summed E-state index contributed by atoms with van der Waals surface area (Å²) in [6, 6.07) is 1.57. The van der Waals surface area contributed by atoms with Gasteiger partial charge in [0.2, 0.25) is 17.2 Å². The number of hydrogen-bond donors (Lipinski definition) is 4. The molecule has 1 aliphatic rings. The maximum Gasteiger partial charge on any atom is 0.295 e. The van der Waals surface area contributed by atoms with E-state index in [4.69, 9.17) is 15.7 Å². The Morgan fingerprint density at radius 2 is 2.41 bits per heavy atom. The van der Waals surface area contributed by atoms with Crippen LogP contribution in [0, 0.1) is 11.3 Å². The summed E-state index contributed by atoms with van der Waals surface area (Å²) in [5.41, 5.74) is 2.54. The normalized spacial score (nSPS) is 31.5. The Labute approximate surface area is 121 Å². The highest BCUT2D eigenvalue weighted by Crippen LogP contribution is 2.41. The van der Waals surface area contributed by atoms with Crippen molar-refractivity contribution in [2.75, 3.05) is 12.3 Å². The van der Waals surface area contributed by atoms with Crippen LogP contribution in [0.25, 0.3) is 5.65 Å². The van der Waals surface area contributed by atoms with E-state index in [1.54, 1.807) is 6.07 Å². The summed E-state index contributed by atoms with van der Waals surface area (Å²) in [4.78, 5) is 17.7. The van der Waals surface area contributed by atoms with Crippen LogP contribution in [0.1, 0.15) is 11.8 Å². The summed E-state index contributed by atoms with van der Waals surface area (Å²) >= 11 is 0. The number of anilines is 1. The van der Waals surface area contributed by atoms with Gasteiger partial charge in [-0.15, -0.1) is 5.10 Å². The third-order valence-electron chi connectivity index (χ3n) is 3.54. The van der Waals surface area contributed by atoms with Crippen molar-refractivity contribution in [3.8, 4) is 6.07 Å². The number of fused-ring (bicyclic) bond motifs is 1. The first-order valence-electron chi connectivity index (χ1n) is 6.19.